The summed E-state index contributed by atoms with van der Waals surface area (Å²) in [5.41, 5.74) is 9.64. The van der Waals surface area contributed by atoms with E-state index < -0.39 is 5.91 Å². The van der Waals surface area contributed by atoms with Crippen molar-refractivity contribution < 1.29 is 23.7 Å². The molecule has 3 heterocycles. The molecule has 2 aromatic heterocycles. The second-order valence-electron chi connectivity index (χ2n) is 12.2. The van der Waals surface area contributed by atoms with Crippen molar-refractivity contribution >= 4 is 23.9 Å². The number of methoxy groups -OCH3 is 1. The summed E-state index contributed by atoms with van der Waals surface area (Å²) in [5, 5.41) is 19.8. The summed E-state index contributed by atoms with van der Waals surface area (Å²) in [4.78, 5) is 28.8. The van der Waals surface area contributed by atoms with E-state index in [2.05, 4.69) is 36.1 Å². The number of likely N-dealkylation sites (tertiary alicyclic amines) is 1. The molecule has 4 saturated carbocycles. The zero-order valence-corrected chi connectivity index (χ0v) is 24.0. The maximum Gasteiger partial charge on any atom is 0.315 e. The maximum atomic E-state index is 13.3. The number of ether oxygens (including phenoxy) is 2. The van der Waals surface area contributed by atoms with Gasteiger partial charge in [0.05, 0.1) is 19.2 Å². The zero-order chi connectivity index (χ0) is 29.5. The average Bonchev–Trinajstić information content (AvgIpc) is 3.75. The van der Waals surface area contributed by atoms with Crippen LogP contribution in [0.15, 0.2) is 27.9 Å². The van der Waals surface area contributed by atoms with Gasteiger partial charge in [-0.05, 0) is 116 Å². The number of hydrazone groups is 1. The van der Waals surface area contributed by atoms with Gasteiger partial charge in [-0.25, -0.2) is 10.1 Å². The summed E-state index contributed by atoms with van der Waals surface area (Å²) >= 11 is 0. The van der Waals surface area contributed by atoms with Gasteiger partial charge in [-0.15, -0.1) is 5.10 Å². The first-order valence-corrected chi connectivity index (χ1v) is 14.9. The molecule has 0 unspecified atom stereocenters. The zero-order valence-electron chi connectivity index (χ0n) is 24.0. The lowest BCUT2D eigenvalue weighted by atomic mass is 9.52. The van der Waals surface area contributed by atoms with Crippen LogP contribution in [0.25, 0.3) is 5.82 Å². The minimum atomic E-state index is -0.550. The number of nitrogens with one attached hydrogen (secondary N) is 1. The standard InChI is InChI=1S/C29H35N9O5/c1-41-23-13-16(4-5-22(23)42-29(40)24-19-9-17-8-18(11-19)12-20(24)10-17)14-31-33-28(39)25-21(15-37-6-2-3-7-37)32-36-38(25)27-26(30)34-43-35-27/h4-5,13-14,17-20,24H,2-3,6-12,15H2,1H3,(H2,30,34)(H,33,39)/b31-14+. The molecule has 14 nitrogen and oxygen atoms in total. The normalized spacial score (nSPS) is 26.3. The van der Waals surface area contributed by atoms with Crippen LogP contribution in [0, 0.1) is 29.6 Å². The van der Waals surface area contributed by atoms with E-state index in [0.29, 0.717) is 41.1 Å². The van der Waals surface area contributed by atoms with Crippen LogP contribution >= 0.6 is 0 Å². The number of carbonyl (C=O) groups excluding carboxylic acids is 2. The van der Waals surface area contributed by atoms with E-state index in [0.717, 1.165) is 63.5 Å². The highest BCUT2D eigenvalue weighted by molar-refractivity contribution is 5.95. The van der Waals surface area contributed by atoms with Gasteiger partial charge in [0.25, 0.3) is 5.91 Å². The van der Waals surface area contributed by atoms with Gasteiger partial charge >= 0.3 is 5.97 Å². The van der Waals surface area contributed by atoms with E-state index in [4.69, 9.17) is 19.8 Å². The van der Waals surface area contributed by atoms with Crippen LogP contribution < -0.4 is 20.6 Å². The van der Waals surface area contributed by atoms with E-state index in [-0.39, 0.29) is 29.2 Å². The third-order valence-corrected chi connectivity index (χ3v) is 9.50. The van der Waals surface area contributed by atoms with Crippen LogP contribution in [-0.2, 0) is 11.3 Å². The van der Waals surface area contributed by atoms with Gasteiger partial charge in [0.1, 0.15) is 5.69 Å². The molecule has 14 heteroatoms. The Balaban J connectivity index is 1.04. The smallest absolute Gasteiger partial charge is 0.315 e. The molecule has 0 atom stereocenters. The Labute approximate surface area is 247 Å². The number of nitrogens with two attached hydrogens (primary N) is 1. The Kier molecular flexibility index (Phi) is 7.29. The quantitative estimate of drug-likeness (QED) is 0.162. The molecule has 226 valence electrons. The Morgan fingerprint density at radius 1 is 1.09 bits per heavy atom. The van der Waals surface area contributed by atoms with Gasteiger partial charge in [0.2, 0.25) is 11.6 Å². The fraction of sp³-hybridized carbons (Fsp3) is 0.552. The van der Waals surface area contributed by atoms with Crippen molar-refractivity contribution in [3.63, 3.8) is 0 Å². The van der Waals surface area contributed by atoms with E-state index >= 15 is 0 Å². The van der Waals surface area contributed by atoms with Crippen LogP contribution in [0.1, 0.15) is 66.7 Å². The first-order chi connectivity index (χ1) is 21.0. The molecule has 4 bridgehead atoms. The predicted octanol–water partition coefficient (Wildman–Crippen LogP) is 2.58. The van der Waals surface area contributed by atoms with Crippen LogP contribution in [0.2, 0.25) is 0 Å². The molecular weight excluding hydrogens is 554 g/mol. The lowest BCUT2D eigenvalue weighted by molar-refractivity contribution is -0.152. The van der Waals surface area contributed by atoms with Crippen molar-refractivity contribution in [2.24, 2.45) is 34.7 Å². The second-order valence-corrected chi connectivity index (χ2v) is 12.2. The molecule has 0 radical (unpaired) electrons. The van der Waals surface area contributed by atoms with Crippen molar-refractivity contribution in [3.8, 4) is 17.3 Å². The van der Waals surface area contributed by atoms with Crippen molar-refractivity contribution in [3.05, 3.63) is 35.2 Å². The molecule has 5 fully saturated rings. The molecule has 1 saturated heterocycles. The summed E-state index contributed by atoms with van der Waals surface area (Å²) in [6, 6.07) is 5.16. The number of rotatable bonds is 9. The summed E-state index contributed by atoms with van der Waals surface area (Å²) in [6.07, 6.45) is 9.56. The minimum Gasteiger partial charge on any atom is -0.493 e. The van der Waals surface area contributed by atoms with Crippen LogP contribution in [-0.4, -0.2) is 68.5 Å². The monoisotopic (exact) mass is 589 g/mol. The van der Waals surface area contributed by atoms with Gasteiger partial charge < -0.3 is 15.2 Å². The van der Waals surface area contributed by atoms with Crippen LogP contribution in [0.3, 0.4) is 0 Å². The highest BCUT2D eigenvalue weighted by atomic mass is 16.6. The third-order valence-electron chi connectivity index (χ3n) is 9.50. The molecule has 3 aromatic rings. The highest BCUT2D eigenvalue weighted by Crippen LogP contribution is 2.56. The van der Waals surface area contributed by atoms with Gasteiger partial charge in [-0.3, -0.25) is 14.5 Å². The molecule has 5 aliphatic rings. The van der Waals surface area contributed by atoms with Gasteiger partial charge in [0.15, 0.2) is 17.2 Å². The molecule has 8 rings (SSSR count). The highest BCUT2D eigenvalue weighted by Gasteiger charge is 2.51. The fourth-order valence-electron chi connectivity index (χ4n) is 7.84. The molecule has 4 aliphatic carbocycles. The number of nitrogens with zero attached hydrogens (tertiary/aromatic N) is 7. The van der Waals surface area contributed by atoms with Crippen molar-refractivity contribution in [2.75, 3.05) is 25.9 Å². The first-order valence-electron chi connectivity index (χ1n) is 14.9. The lowest BCUT2D eigenvalue weighted by Crippen LogP contribution is -2.49. The first kappa shape index (κ1) is 27.5. The molecular formula is C29H35N9O5. The Bertz CT molecular complexity index is 1510. The van der Waals surface area contributed by atoms with E-state index in [1.54, 1.807) is 18.2 Å². The summed E-state index contributed by atoms with van der Waals surface area (Å²) in [6.45, 7) is 2.27. The van der Waals surface area contributed by atoms with Gasteiger partial charge in [0, 0.05) is 6.54 Å². The number of amides is 1. The van der Waals surface area contributed by atoms with Gasteiger partial charge in [-0.2, -0.15) is 9.78 Å². The predicted molar refractivity (Wildman–Crippen MR) is 152 cm³/mol. The number of benzene rings is 1. The second kappa shape index (κ2) is 11.4. The minimum absolute atomic E-state index is 0.0219. The number of anilines is 1. The Morgan fingerprint density at radius 2 is 1.84 bits per heavy atom. The van der Waals surface area contributed by atoms with E-state index in [9.17, 15) is 9.59 Å². The molecule has 0 spiro atoms. The van der Waals surface area contributed by atoms with E-state index in [1.165, 1.54) is 24.4 Å². The van der Waals surface area contributed by atoms with Crippen molar-refractivity contribution in [2.45, 2.75) is 51.5 Å². The van der Waals surface area contributed by atoms with Crippen LogP contribution in [0.5, 0.6) is 11.5 Å². The number of hydrogen-bond acceptors (Lipinski definition) is 12. The molecule has 1 aliphatic heterocycles. The number of nitrogen functional groups attached to an aromatic ring is 1. The lowest BCUT2D eigenvalue weighted by Gasteiger charge is -2.53. The number of hydrogen-bond donors (Lipinski definition) is 2. The number of esters is 1. The fourth-order valence-corrected chi connectivity index (χ4v) is 7.84. The van der Waals surface area contributed by atoms with Crippen LogP contribution in [0.4, 0.5) is 5.82 Å². The molecule has 1 aromatic carbocycles. The molecule has 43 heavy (non-hydrogen) atoms. The summed E-state index contributed by atoms with van der Waals surface area (Å²) < 4.78 is 17.4. The third kappa shape index (κ3) is 5.35. The largest absolute Gasteiger partial charge is 0.493 e. The number of aromatic nitrogens is 5. The summed E-state index contributed by atoms with van der Waals surface area (Å²) in [7, 11) is 1.53. The molecule has 1 amide bonds. The SMILES string of the molecule is COc1cc(/C=N/NC(=O)c2c(CN3CCCC3)nnn2-c2nonc2N)ccc1OC(=O)C1C2CC3CC(C2)CC1C3. The van der Waals surface area contributed by atoms with Crippen molar-refractivity contribution in [1.29, 1.82) is 0 Å². The average molecular weight is 590 g/mol. The van der Waals surface area contributed by atoms with E-state index in [1.807, 2.05) is 0 Å². The Morgan fingerprint density at radius 3 is 2.51 bits per heavy atom. The van der Waals surface area contributed by atoms with Gasteiger partial charge in [-0.1, -0.05) is 5.21 Å². The summed E-state index contributed by atoms with van der Waals surface area (Å²) in [5.74, 6) is 2.54. The maximum absolute atomic E-state index is 13.3. The topological polar surface area (TPSA) is 176 Å². The van der Waals surface area contributed by atoms with Crippen molar-refractivity contribution in [1.82, 2.24) is 35.6 Å². The molecule has 3 N–H and O–H groups in total. The number of carbonyl (C=O) groups is 2. The Hall–Kier alpha value is -4.33.